The summed E-state index contributed by atoms with van der Waals surface area (Å²) >= 11 is 0. The molecule has 47 heavy (non-hydrogen) atoms. The number of ether oxygens (including phenoxy) is 4. The van der Waals surface area contributed by atoms with E-state index in [0.717, 1.165) is 34.3 Å². The predicted molar refractivity (Wildman–Crippen MR) is 176 cm³/mol. The first-order valence-electron chi connectivity index (χ1n) is 13.8. The van der Waals surface area contributed by atoms with Crippen LogP contribution in [0.3, 0.4) is 0 Å². The van der Waals surface area contributed by atoms with E-state index >= 15 is 0 Å². The third-order valence-corrected chi connectivity index (χ3v) is 8.30. The van der Waals surface area contributed by atoms with Gasteiger partial charge in [0.1, 0.15) is 35.1 Å². The average molecular weight is 682 g/mol. The molecule has 0 fully saturated rings. The Kier molecular flexibility index (Phi) is 11.7. The van der Waals surface area contributed by atoms with Crippen LogP contribution in [0, 0.1) is 12.3 Å². The molecule has 1 aromatic heterocycles. The van der Waals surface area contributed by atoms with E-state index in [0.29, 0.717) is 43.7 Å². The van der Waals surface area contributed by atoms with Crippen LogP contribution in [0.4, 0.5) is 11.5 Å². The second-order valence-corrected chi connectivity index (χ2v) is 12.4. The number of methoxy groups -OCH3 is 2. The summed E-state index contributed by atoms with van der Waals surface area (Å²) in [4.78, 5) is 7.93. The summed E-state index contributed by atoms with van der Waals surface area (Å²) in [6.07, 6.45) is 6.99. The van der Waals surface area contributed by atoms with Gasteiger partial charge in [0.2, 0.25) is 0 Å². The summed E-state index contributed by atoms with van der Waals surface area (Å²) in [6.45, 7) is 1.73. The number of hydrogen-bond donors (Lipinski definition) is 3. The minimum absolute atomic E-state index is 0.0233. The Hall–Kier alpha value is -4.82. The first kappa shape index (κ1) is 35.0. The highest BCUT2D eigenvalue weighted by Crippen LogP contribution is 2.35. The van der Waals surface area contributed by atoms with Gasteiger partial charge >= 0.3 is 0 Å². The molecule has 13 nitrogen and oxygen atoms in total. The maximum atomic E-state index is 11.2. The molecule has 0 spiro atoms. The largest absolute Gasteiger partial charge is 0.487 e. The maximum Gasteiger partial charge on any atom is 0.295 e. The van der Waals surface area contributed by atoms with Crippen molar-refractivity contribution in [1.29, 1.82) is 0 Å². The molecule has 0 unspecified atom stereocenters. The smallest absolute Gasteiger partial charge is 0.295 e. The monoisotopic (exact) mass is 681 g/mol. The van der Waals surface area contributed by atoms with Gasteiger partial charge in [-0.1, -0.05) is 36.3 Å². The van der Waals surface area contributed by atoms with E-state index in [1.807, 2.05) is 36.4 Å². The number of nitrogens with one attached hydrogen (secondary N) is 1. The van der Waals surface area contributed by atoms with Crippen LogP contribution in [0.15, 0.2) is 88.9 Å². The molecule has 1 heterocycles. The summed E-state index contributed by atoms with van der Waals surface area (Å²) < 4.78 is 84.5. The Bertz CT molecular complexity index is 2060. The van der Waals surface area contributed by atoms with Crippen LogP contribution < -0.4 is 14.8 Å². The Morgan fingerprint density at radius 1 is 0.723 bits per heavy atom. The quantitative estimate of drug-likeness (QED) is 0.0933. The first-order chi connectivity index (χ1) is 22.5. The number of anilines is 2. The Morgan fingerprint density at radius 2 is 1.28 bits per heavy atom. The van der Waals surface area contributed by atoms with Gasteiger partial charge in [-0.15, -0.1) is 6.42 Å². The van der Waals surface area contributed by atoms with E-state index in [4.69, 9.17) is 34.5 Å². The summed E-state index contributed by atoms with van der Waals surface area (Å²) in [5.41, 5.74) is 2.34. The number of fused-ring (bicyclic) bond motifs is 2. The summed E-state index contributed by atoms with van der Waals surface area (Å²) in [5.74, 6) is 4.44. The Balaban J connectivity index is 0.000000238. The van der Waals surface area contributed by atoms with Crippen molar-refractivity contribution < 1.29 is 44.9 Å². The summed E-state index contributed by atoms with van der Waals surface area (Å²) in [7, 11) is -5.69. The first-order valence-corrected chi connectivity index (χ1v) is 16.7. The molecule has 0 saturated heterocycles. The van der Waals surface area contributed by atoms with E-state index in [-0.39, 0.29) is 10.8 Å². The molecule has 0 aliphatic rings. The van der Waals surface area contributed by atoms with Crippen molar-refractivity contribution in [3.63, 3.8) is 0 Å². The molecule has 4 aromatic carbocycles. The molecule has 15 heteroatoms. The van der Waals surface area contributed by atoms with Crippen LogP contribution in [-0.4, -0.2) is 76.6 Å². The lowest BCUT2D eigenvalue weighted by Crippen LogP contribution is -2.09. The fraction of sp³-hybridized carbons (Fsp3) is 0.188. The van der Waals surface area contributed by atoms with Gasteiger partial charge in [-0.05, 0) is 36.4 Å². The van der Waals surface area contributed by atoms with Crippen LogP contribution in [0.2, 0.25) is 0 Å². The van der Waals surface area contributed by atoms with Gasteiger partial charge in [-0.3, -0.25) is 9.11 Å². The number of hydrogen-bond acceptors (Lipinski definition) is 11. The fourth-order valence-electron chi connectivity index (χ4n) is 4.38. The molecule has 0 aliphatic carbocycles. The second-order valence-electron chi connectivity index (χ2n) is 9.63. The van der Waals surface area contributed by atoms with Gasteiger partial charge < -0.3 is 24.3 Å². The van der Waals surface area contributed by atoms with Crippen molar-refractivity contribution in [2.24, 2.45) is 0 Å². The van der Waals surface area contributed by atoms with Crippen molar-refractivity contribution in [3.8, 4) is 23.8 Å². The third kappa shape index (κ3) is 9.14. The zero-order chi connectivity index (χ0) is 34.0. The van der Waals surface area contributed by atoms with Crippen LogP contribution in [-0.2, 0) is 29.7 Å². The molecule has 0 atom stereocenters. The number of terminal acetylenes is 1. The highest BCUT2D eigenvalue weighted by atomic mass is 32.2. The molecular weight excluding hydrogens is 650 g/mol. The van der Waals surface area contributed by atoms with Crippen LogP contribution >= 0.6 is 0 Å². The van der Waals surface area contributed by atoms with Crippen molar-refractivity contribution in [2.45, 2.75) is 9.79 Å². The van der Waals surface area contributed by atoms with Crippen LogP contribution in [0.1, 0.15) is 5.56 Å². The number of aromatic nitrogens is 2. The van der Waals surface area contributed by atoms with E-state index in [1.165, 1.54) is 30.6 Å². The van der Waals surface area contributed by atoms with Crippen molar-refractivity contribution in [1.82, 2.24) is 9.97 Å². The van der Waals surface area contributed by atoms with Crippen LogP contribution in [0.25, 0.3) is 21.7 Å². The van der Waals surface area contributed by atoms with Gasteiger partial charge in [0.05, 0.1) is 18.7 Å². The molecule has 246 valence electrons. The molecule has 5 aromatic rings. The SMILES string of the molecule is C#Cc1cccc(Nc2ncnc3cc(OCCOC)c(OCCOC)cc23)c1.O=S(=O)(O)c1cccc2c(S(=O)(=O)O)cccc12. The second kappa shape index (κ2) is 15.6. The molecule has 0 saturated carbocycles. The highest BCUT2D eigenvalue weighted by molar-refractivity contribution is 7.86. The highest BCUT2D eigenvalue weighted by Gasteiger charge is 2.19. The Morgan fingerprint density at radius 3 is 1.81 bits per heavy atom. The zero-order valence-electron chi connectivity index (χ0n) is 25.3. The lowest BCUT2D eigenvalue weighted by atomic mass is 10.1. The molecule has 3 N–H and O–H groups in total. The normalized spacial score (nSPS) is 11.4. The number of benzene rings is 4. The summed E-state index contributed by atoms with van der Waals surface area (Å²) in [6, 6.07) is 18.8. The van der Waals surface area contributed by atoms with E-state index in [1.54, 1.807) is 14.2 Å². The van der Waals surface area contributed by atoms with Gasteiger partial charge in [0.15, 0.2) is 11.5 Å². The molecule has 0 radical (unpaired) electrons. The topological polar surface area (TPSA) is 183 Å². The lowest BCUT2D eigenvalue weighted by Gasteiger charge is -2.15. The zero-order valence-corrected chi connectivity index (χ0v) is 26.9. The molecular formula is C32H31N3O10S2. The predicted octanol–water partition coefficient (Wildman–Crippen LogP) is 4.74. The molecule has 0 bridgehead atoms. The lowest BCUT2D eigenvalue weighted by molar-refractivity contribution is 0.132. The summed E-state index contributed by atoms with van der Waals surface area (Å²) in [5, 5.41) is 4.14. The minimum Gasteiger partial charge on any atom is -0.487 e. The van der Waals surface area contributed by atoms with Gasteiger partial charge in [0, 0.05) is 47.7 Å². The van der Waals surface area contributed by atoms with Gasteiger partial charge in [-0.25, -0.2) is 9.97 Å². The Labute approximate surface area is 272 Å². The van der Waals surface area contributed by atoms with Crippen molar-refractivity contribution >= 4 is 53.4 Å². The van der Waals surface area contributed by atoms with E-state index < -0.39 is 30.0 Å². The maximum absolute atomic E-state index is 11.2. The molecule has 5 rings (SSSR count). The van der Waals surface area contributed by atoms with Crippen molar-refractivity contribution in [3.05, 3.63) is 84.7 Å². The van der Waals surface area contributed by atoms with Crippen LogP contribution in [0.5, 0.6) is 11.5 Å². The van der Waals surface area contributed by atoms with E-state index in [9.17, 15) is 16.8 Å². The molecule has 0 aliphatic heterocycles. The average Bonchev–Trinajstić information content (AvgIpc) is 3.04. The molecule has 0 amide bonds. The minimum atomic E-state index is -4.47. The van der Waals surface area contributed by atoms with Gasteiger partial charge in [0.25, 0.3) is 20.2 Å². The third-order valence-electron chi connectivity index (χ3n) is 6.48. The van der Waals surface area contributed by atoms with E-state index in [2.05, 4.69) is 21.2 Å². The number of nitrogens with zero attached hydrogens (tertiary/aromatic N) is 2. The van der Waals surface area contributed by atoms with Gasteiger partial charge in [-0.2, -0.15) is 16.8 Å². The number of rotatable bonds is 12. The van der Waals surface area contributed by atoms with Crippen molar-refractivity contribution in [2.75, 3.05) is 46.0 Å². The fourth-order valence-corrected chi connectivity index (χ4v) is 5.80. The standard InChI is InChI=1S/C22H23N3O4.C10H8O6S2/c1-4-16-6-5-7-17(12-16)25-22-18-13-20(28-10-8-26-2)21(29-11-9-27-3)14-19(18)23-15-24-22;11-17(12,13)9-5-1-3-7-8(9)4-2-6-10(7)18(14,15)16/h1,5-7,12-15H,8-11H2,2-3H3,(H,23,24,25);1-6H,(H,11,12,13)(H,14,15,16).